The zero-order valence-corrected chi connectivity index (χ0v) is 15.9. The van der Waals surface area contributed by atoms with Crippen molar-refractivity contribution in [2.75, 3.05) is 12.4 Å². The lowest BCUT2D eigenvalue weighted by atomic mass is 10.1. The van der Waals surface area contributed by atoms with Gasteiger partial charge in [-0.2, -0.15) is 5.10 Å². The van der Waals surface area contributed by atoms with Gasteiger partial charge in [-0.3, -0.25) is 9.59 Å². The summed E-state index contributed by atoms with van der Waals surface area (Å²) >= 11 is 3.33. The first-order valence-electron chi connectivity index (χ1n) is 7.94. The summed E-state index contributed by atoms with van der Waals surface area (Å²) in [6, 6.07) is 13.9. The summed E-state index contributed by atoms with van der Waals surface area (Å²) in [6.45, 7) is -0.261. The number of nitrogens with zero attached hydrogens (tertiary/aromatic N) is 2. The van der Waals surface area contributed by atoms with Crippen LogP contribution >= 0.6 is 15.9 Å². The number of hydrogen-bond acceptors (Lipinski definition) is 4. The van der Waals surface area contributed by atoms with Crippen LogP contribution in [0.25, 0.3) is 11.3 Å². The van der Waals surface area contributed by atoms with Crippen molar-refractivity contribution in [3.8, 4) is 17.0 Å². The highest BCUT2D eigenvalue weighted by Gasteiger charge is 2.12. The van der Waals surface area contributed by atoms with Crippen LogP contribution in [-0.2, 0) is 11.3 Å². The number of amides is 1. The van der Waals surface area contributed by atoms with Crippen molar-refractivity contribution in [1.29, 1.82) is 0 Å². The van der Waals surface area contributed by atoms with Crippen LogP contribution in [0.2, 0.25) is 0 Å². The van der Waals surface area contributed by atoms with E-state index in [0.717, 1.165) is 9.15 Å². The lowest BCUT2D eigenvalue weighted by Crippen LogP contribution is -2.29. The Bertz CT molecular complexity index is 1050. The fraction of sp³-hybridized carbons (Fsp3) is 0.105. The molecular weight excluding hydrogens is 417 g/mol. The van der Waals surface area contributed by atoms with Gasteiger partial charge in [0.15, 0.2) is 0 Å². The van der Waals surface area contributed by atoms with Gasteiger partial charge >= 0.3 is 0 Å². The van der Waals surface area contributed by atoms with Gasteiger partial charge in [-0.15, -0.1) is 0 Å². The molecule has 0 atom stereocenters. The summed E-state index contributed by atoms with van der Waals surface area (Å²) in [6.07, 6.45) is 0. The molecule has 0 saturated carbocycles. The maximum absolute atomic E-state index is 13.4. The maximum atomic E-state index is 13.4. The Morgan fingerprint density at radius 2 is 2.04 bits per heavy atom. The zero-order valence-electron chi connectivity index (χ0n) is 14.3. The van der Waals surface area contributed by atoms with Gasteiger partial charge in [0, 0.05) is 27.9 Å². The van der Waals surface area contributed by atoms with E-state index in [1.54, 1.807) is 18.2 Å². The average Bonchev–Trinajstić information content (AvgIpc) is 2.63. The van der Waals surface area contributed by atoms with Crippen molar-refractivity contribution in [1.82, 2.24) is 9.78 Å². The number of aromatic nitrogens is 2. The Morgan fingerprint density at radius 3 is 2.78 bits per heavy atom. The molecule has 0 bridgehead atoms. The number of hydrogen-bond donors (Lipinski definition) is 1. The third-order valence-corrected chi connectivity index (χ3v) is 4.20. The zero-order chi connectivity index (χ0) is 19.4. The van der Waals surface area contributed by atoms with Crippen LogP contribution in [0.15, 0.2) is 63.9 Å². The van der Waals surface area contributed by atoms with Crippen LogP contribution in [0.5, 0.6) is 5.75 Å². The van der Waals surface area contributed by atoms with E-state index in [0.29, 0.717) is 16.9 Å². The summed E-state index contributed by atoms with van der Waals surface area (Å²) in [4.78, 5) is 24.3. The smallest absolute Gasteiger partial charge is 0.267 e. The van der Waals surface area contributed by atoms with E-state index < -0.39 is 17.3 Å². The first kappa shape index (κ1) is 18.8. The highest BCUT2D eigenvalue weighted by Crippen LogP contribution is 2.28. The van der Waals surface area contributed by atoms with Gasteiger partial charge in [0.25, 0.3) is 5.56 Å². The number of nitrogens with one attached hydrogen (secondary N) is 1. The van der Waals surface area contributed by atoms with Crippen molar-refractivity contribution < 1.29 is 13.9 Å². The number of ether oxygens (including phenoxy) is 1. The summed E-state index contributed by atoms with van der Waals surface area (Å²) in [5.41, 5.74) is 1.07. The van der Waals surface area contributed by atoms with Gasteiger partial charge in [0.05, 0.1) is 12.8 Å². The monoisotopic (exact) mass is 431 g/mol. The lowest BCUT2D eigenvalue weighted by Gasteiger charge is -2.11. The van der Waals surface area contributed by atoms with E-state index in [2.05, 4.69) is 26.3 Å². The molecule has 27 heavy (non-hydrogen) atoms. The molecule has 2 aromatic carbocycles. The molecule has 6 nitrogen and oxygen atoms in total. The van der Waals surface area contributed by atoms with Crippen LogP contribution < -0.4 is 15.6 Å². The third kappa shape index (κ3) is 4.59. The molecular formula is C19H15BrFN3O3. The van der Waals surface area contributed by atoms with Gasteiger partial charge in [0.1, 0.15) is 18.1 Å². The molecule has 0 spiro atoms. The van der Waals surface area contributed by atoms with Crippen LogP contribution in [0.1, 0.15) is 0 Å². The van der Waals surface area contributed by atoms with E-state index in [-0.39, 0.29) is 12.3 Å². The molecule has 3 aromatic rings. The van der Waals surface area contributed by atoms with E-state index >= 15 is 0 Å². The van der Waals surface area contributed by atoms with Gasteiger partial charge in [0.2, 0.25) is 5.91 Å². The van der Waals surface area contributed by atoms with E-state index in [1.807, 2.05) is 6.07 Å². The Hall–Kier alpha value is -3.00. The second kappa shape index (κ2) is 8.13. The fourth-order valence-corrected chi connectivity index (χ4v) is 2.88. The first-order chi connectivity index (χ1) is 13.0. The molecule has 0 radical (unpaired) electrons. The van der Waals surface area contributed by atoms with Crippen LogP contribution in [0.3, 0.4) is 0 Å². The molecule has 0 saturated heterocycles. The second-order valence-corrected chi connectivity index (χ2v) is 6.53. The normalized spacial score (nSPS) is 10.5. The number of carbonyl (C=O) groups is 1. The van der Waals surface area contributed by atoms with Gasteiger partial charge in [-0.1, -0.05) is 22.0 Å². The largest absolute Gasteiger partial charge is 0.496 e. The minimum atomic E-state index is -0.447. The Kier molecular flexibility index (Phi) is 5.66. The predicted octanol–water partition coefficient (Wildman–Crippen LogP) is 3.46. The highest BCUT2D eigenvalue weighted by atomic mass is 79.9. The molecule has 0 aliphatic carbocycles. The van der Waals surface area contributed by atoms with Crippen LogP contribution in [-0.4, -0.2) is 22.8 Å². The van der Waals surface area contributed by atoms with Crippen molar-refractivity contribution in [3.63, 3.8) is 0 Å². The Balaban J connectivity index is 1.86. The molecule has 138 valence electrons. The Morgan fingerprint density at radius 1 is 1.22 bits per heavy atom. The van der Waals surface area contributed by atoms with Gasteiger partial charge in [-0.25, -0.2) is 9.07 Å². The van der Waals surface area contributed by atoms with Crippen molar-refractivity contribution >= 4 is 27.5 Å². The standard InChI is InChI=1S/C19H15BrFN3O3/c1-27-17-10-13(21)5-6-15(17)16-7-8-19(26)24(23-16)11-18(25)22-14-4-2-3-12(20)9-14/h2-10H,11H2,1H3,(H,22,25). The fourth-order valence-electron chi connectivity index (χ4n) is 2.49. The molecule has 1 heterocycles. The number of rotatable bonds is 5. The first-order valence-corrected chi connectivity index (χ1v) is 8.73. The van der Waals surface area contributed by atoms with Crippen molar-refractivity contribution in [2.45, 2.75) is 6.54 Å². The number of halogens is 2. The minimum Gasteiger partial charge on any atom is -0.496 e. The average molecular weight is 432 g/mol. The SMILES string of the molecule is COc1cc(F)ccc1-c1ccc(=O)n(CC(=O)Nc2cccc(Br)c2)n1. The molecule has 0 unspecified atom stereocenters. The van der Waals surface area contributed by atoms with E-state index in [4.69, 9.17) is 4.74 Å². The second-order valence-electron chi connectivity index (χ2n) is 5.62. The molecule has 1 aromatic heterocycles. The molecule has 0 aliphatic rings. The predicted molar refractivity (Wildman–Crippen MR) is 103 cm³/mol. The summed E-state index contributed by atoms with van der Waals surface area (Å²) in [7, 11) is 1.42. The number of benzene rings is 2. The van der Waals surface area contributed by atoms with Crippen LogP contribution in [0.4, 0.5) is 10.1 Å². The number of anilines is 1. The minimum absolute atomic E-state index is 0.261. The van der Waals surface area contributed by atoms with Crippen molar-refractivity contribution in [2.24, 2.45) is 0 Å². The van der Waals surface area contributed by atoms with Gasteiger partial charge in [-0.05, 0) is 36.4 Å². The quantitative estimate of drug-likeness (QED) is 0.671. The lowest BCUT2D eigenvalue weighted by molar-refractivity contribution is -0.117. The van der Waals surface area contributed by atoms with Gasteiger partial charge < -0.3 is 10.1 Å². The summed E-state index contributed by atoms with van der Waals surface area (Å²) in [5.74, 6) is -0.561. The Labute approximate surface area is 162 Å². The number of carbonyl (C=O) groups excluding carboxylic acids is 1. The third-order valence-electron chi connectivity index (χ3n) is 3.71. The maximum Gasteiger partial charge on any atom is 0.267 e. The molecule has 8 heteroatoms. The van der Waals surface area contributed by atoms with E-state index in [9.17, 15) is 14.0 Å². The molecule has 0 aliphatic heterocycles. The molecule has 1 N–H and O–H groups in total. The number of methoxy groups -OCH3 is 1. The summed E-state index contributed by atoms with van der Waals surface area (Å²) in [5, 5.41) is 6.92. The molecule has 3 rings (SSSR count). The highest BCUT2D eigenvalue weighted by molar-refractivity contribution is 9.10. The van der Waals surface area contributed by atoms with E-state index in [1.165, 1.54) is 37.4 Å². The molecule has 0 fully saturated rings. The topological polar surface area (TPSA) is 73.2 Å². The van der Waals surface area contributed by atoms with Crippen LogP contribution in [0, 0.1) is 5.82 Å². The van der Waals surface area contributed by atoms with Crippen molar-refractivity contribution in [3.05, 3.63) is 75.2 Å². The molecule has 1 amide bonds. The summed E-state index contributed by atoms with van der Waals surface area (Å²) < 4.78 is 20.4.